The summed E-state index contributed by atoms with van der Waals surface area (Å²) in [4.78, 5) is 29.3. The van der Waals surface area contributed by atoms with Crippen molar-refractivity contribution >= 4 is 16.8 Å². The molecule has 0 radical (unpaired) electrons. The molecule has 0 atom stereocenters. The fraction of sp³-hybridized carbons (Fsp3) is 0.211. The summed E-state index contributed by atoms with van der Waals surface area (Å²) in [7, 11) is 0. The minimum absolute atomic E-state index is 0.0594. The summed E-state index contributed by atoms with van der Waals surface area (Å²) in [6, 6.07) is 11.2. The Bertz CT molecular complexity index is 1040. The Morgan fingerprint density at radius 3 is 2.92 bits per heavy atom. The third-order valence-electron chi connectivity index (χ3n) is 4.48. The van der Waals surface area contributed by atoms with Gasteiger partial charge in [0.05, 0.1) is 10.9 Å². The molecular formula is C19H16FN3O2. The lowest BCUT2D eigenvalue weighted by Gasteiger charge is -2.08. The minimum atomic E-state index is -0.355. The Balaban J connectivity index is 1.61. The maximum absolute atomic E-state index is 13.6. The Morgan fingerprint density at radius 2 is 2.08 bits per heavy atom. The van der Waals surface area contributed by atoms with Gasteiger partial charge in [-0.25, -0.2) is 9.37 Å². The first-order chi connectivity index (χ1) is 12.1. The highest BCUT2D eigenvalue weighted by Gasteiger charge is 2.17. The van der Waals surface area contributed by atoms with E-state index in [9.17, 15) is 14.0 Å². The van der Waals surface area contributed by atoms with Gasteiger partial charge < -0.3 is 5.32 Å². The number of aromatic nitrogens is 2. The predicted octanol–water partition coefficient (Wildman–Crippen LogP) is 2.41. The van der Waals surface area contributed by atoms with Crippen LogP contribution in [0.2, 0.25) is 0 Å². The van der Waals surface area contributed by atoms with Crippen molar-refractivity contribution in [2.45, 2.75) is 25.9 Å². The summed E-state index contributed by atoms with van der Waals surface area (Å²) in [6.07, 6.45) is 1.68. The number of halogens is 1. The maximum atomic E-state index is 13.6. The van der Waals surface area contributed by atoms with E-state index in [2.05, 4.69) is 10.3 Å². The summed E-state index contributed by atoms with van der Waals surface area (Å²) < 4.78 is 15.3. The van der Waals surface area contributed by atoms with E-state index in [4.69, 9.17) is 0 Å². The number of amides is 1. The van der Waals surface area contributed by atoms with E-state index in [-0.39, 0.29) is 23.8 Å². The standard InChI is InChI=1S/C19H16FN3O2/c20-15-5-2-1-4-13(15)11-21-18(24)12-7-8-14-16(10-12)22-17-6-3-9-23(17)19(14)25/h1-2,4-5,7-8,10H,3,6,9,11H2,(H,21,24). The van der Waals surface area contributed by atoms with Crippen molar-refractivity contribution in [2.24, 2.45) is 0 Å². The summed E-state index contributed by atoms with van der Waals surface area (Å²) in [5.74, 6) is 0.0838. The number of carbonyl (C=O) groups excluding carboxylic acids is 1. The molecule has 0 saturated heterocycles. The molecule has 1 amide bonds. The molecule has 0 fully saturated rings. The van der Waals surface area contributed by atoms with Crippen LogP contribution >= 0.6 is 0 Å². The van der Waals surface area contributed by atoms with Crippen molar-refractivity contribution in [1.29, 1.82) is 0 Å². The fourth-order valence-electron chi connectivity index (χ4n) is 3.14. The number of rotatable bonds is 3. The Labute approximate surface area is 143 Å². The van der Waals surface area contributed by atoms with E-state index in [0.717, 1.165) is 18.7 Å². The molecule has 2 heterocycles. The average Bonchev–Trinajstić information content (AvgIpc) is 3.09. The van der Waals surface area contributed by atoms with Crippen LogP contribution in [0.4, 0.5) is 4.39 Å². The van der Waals surface area contributed by atoms with Crippen LogP contribution < -0.4 is 10.9 Å². The third-order valence-corrected chi connectivity index (χ3v) is 4.48. The molecule has 0 unspecified atom stereocenters. The van der Waals surface area contributed by atoms with E-state index < -0.39 is 0 Å². The van der Waals surface area contributed by atoms with Crippen LogP contribution in [0.5, 0.6) is 0 Å². The molecule has 25 heavy (non-hydrogen) atoms. The molecule has 6 heteroatoms. The normalized spacial score (nSPS) is 13.0. The van der Waals surface area contributed by atoms with Gasteiger partial charge in [-0.2, -0.15) is 0 Å². The molecule has 0 spiro atoms. The first-order valence-corrected chi connectivity index (χ1v) is 8.18. The van der Waals surface area contributed by atoms with Crippen molar-refractivity contribution < 1.29 is 9.18 Å². The van der Waals surface area contributed by atoms with Gasteiger partial charge >= 0.3 is 0 Å². The van der Waals surface area contributed by atoms with Gasteiger partial charge in [0.1, 0.15) is 11.6 Å². The number of carbonyl (C=O) groups is 1. The van der Waals surface area contributed by atoms with Crippen molar-refractivity contribution in [3.8, 4) is 0 Å². The van der Waals surface area contributed by atoms with Crippen LogP contribution in [0.25, 0.3) is 10.9 Å². The second-order valence-corrected chi connectivity index (χ2v) is 6.09. The van der Waals surface area contributed by atoms with Crippen LogP contribution in [-0.2, 0) is 19.5 Å². The molecule has 0 aliphatic carbocycles. The second-order valence-electron chi connectivity index (χ2n) is 6.09. The largest absolute Gasteiger partial charge is 0.348 e. The maximum Gasteiger partial charge on any atom is 0.261 e. The van der Waals surface area contributed by atoms with E-state index in [1.807, 2.05) is 0 Å². The Hall–Kier alpha value is -3.02. The van der Waals surface area contributed by atoms with Crippen LogP contribution in [0.1, 0.15) is 28.2 Å². The number of fused-ring (bicyclic) bond motifs is 2. The minimum Gasteiger partial charge on any atom is -0.348 e. The van der Waals surface area contributed by atoms with Gasteiger partial charge in [0, 0.05) is 30.6 Å². The van der Waals surface area contributed by atoms with Crippen LogP contribution in [0, 0.1) is 5.82 Å². The van der Waals surface area contributed by atoms with Crippen LogP contribution in [0.3, 0.4) is 0 Å². The number of aryl methyl sites for hydroxylation is 1. The summed E-state index contributed by atoms with van der Waals surface area (Å²) >= 11 is 0. The number of nitrogens with one attached hydrogen (secondary N) is 1. The summed E-state index contributed by atoms with van der Waals surface area (Å²) in [6.45, 7) is 0.797. The molecule has 126 valence electrons. The SMILES string of the molecule is O=C(NCc1ccccc1F)c1ccc2c(=O)n3c(nc2c1)CCC3. The van der Waals surface area contributed by atoms with Gasteiger partial charge in [0.25, 0.3) is 11.5 Å². The lowest BCUT2D eigenvalue weighted by molar-refractivity contribution is 0.0950. The number of benzene rings is 2. The molecule has 1 aliphatic rings. The number of hydrogen-bond donors (Lipinski definition) is 1. The molecule has 0 saturated carbocycles. The summed E-state index contributed by atoms with van der Waals surface area (Å²) in [5, 5.41) is 3.21. The monoisotopic (exact) mass is 337 g/mol. The van der Waals surface area contributed by atoms with Crippen molar-refractivity contribution in [3.05, 3.63) is 75.6 Å². The topological polar surface area (TPSA) is 64.0 Å². The van der Waals surface area contributed by atoms with Gasteiger partial charge in [-0.1, -0.05) is 18.2 Å². The average molecular weight is 337 g/mol. The molecule has 5 nitrogen and oxygen atoms in total. The molecule has 2 aromatic carbocycles. The third kappa shape index (κ3) is 2.80. The lowest BCUT2D eigenvalue weighted by atomic mass is 10.1. The molecule has 3 aromatic rings. The smallest absolute Gasteiger partial charge is 0.261 e. The summed E-state index contributed by atoms with van der Waals surface area (Å²) in [5.41, 5.74) is 1.29. The zero-order valence-electron chi connectivity index (χ0n) is 13.5. The zero-order chi connectivity index (χ0) is 17.4. The first-order valence-electron chi connectivity index (χ1n) is 8.18. The van der Waals surface area contributed by atoms with Crippen molar-refractivity contribution in [2.75, 3.05) is 0 Å². The van der Waals surface area contributed by atoms with Crippen molar-refractivity contribution in [3.63, 3.8) is 0 Å². The molecule has 0 bridgehead atoms. The van der Waals surface area contributed by atoms with Gasteiger partial charge in [-0.3, -0.25) is 14.2 Å². The van der Waals surface area contributed by atoms with Gasteiger partial charge in [0.15, 0.2) is 0 Å². The Morgan fingerprint density at radius 1 is 1.24 bits per heavy atom. The van der Waals surface area contributed by atoms with Crippen LogP contribution in [0.15, 0.2) is 47.3 Å². The molecule has 1 aromatic heterocycles. The van der Waals surface area contributed by atoms with Gasteiger partial charge in [-0.15, -0.1) is 0 Å². The molecule has 1 N–H and O–H groups in total. The van der Waals surface area contributed by atoms with E-state index in [1.165, 1.54) is 6.07 Å². The highest BCUT2D eigenvalue weighted by Crippen LogP contribution is 2.16. The number of nitrogens with zero attached hydrogens (tertiary/aromatic N) is 2. The van der Waals surface area contributed by atoms with Gasteiger partial charge in [-0.05, 0) is 30.7 Å². The number of hydrogen-bond acceptors (Lipinski definition) is 3. The lowest BCUT2D eigenvalue weighted by Crippen LogP contribution is -2.24. The zero-order valence-corrected chi connectivity index (χ0v) is 13.5. The molecule has 1 aliphatic heterocycles. The molecular weight excluding hydrogens is 321 g/mol. The highest BCUT2D eigenvalue weighted by molar-refractivity contribution is 5.97. The fourth-order valence-corrected chi connectivity index (χ4v) is 3.14. The Kier molecular flexibility index (Phi) is 3.80. The van der Waals surface area contributed by atoms with E-state index in [0.29, 0.717) is 28.6 Å². The van der Waals surface area contributed by atoms with E-state index >= 15 is 0 Å². The van der Waals surface area contributed by atoms with E-state index in [1.54, 1.807) is 41.0 Å². The predicted molar refractivity (Wildman–Crippen MR) is 91.9 cm³/mol. The van der Waals surface area contributed by atoms with Crippen molar-refractivity contribution in [1.82, 2.24) is 14.9 Å². The second kappa shape index (κ2) is 6.12. The van der Waals surface area contributed by atoms with Gasteiger partial charge in [0.2, 0.25) is 0 Å². The first kappa shape index (κ1) is 15.5. The highest BCUT2D eigenvalue weighted by atomic mass is 19.1. The molecule has 4 rings (SSSR count). The van der Waals surface area contributed by atoms with Crippen LogP contribution in [-0.4, -0.2) is 15.5 Å². The quantitative estimate of drug-likeness (QED) is 0.798.